The number of carbonyl (C=O) groups is 1. The highest BCUT2D eigenvalue weighted by Crippen LogP contribution is 2.12. The van der Waals surface area contributed by atoms with Crippen LogP contribution in [0.2, 0.25) is 0 Å². The maximum atomic E-state index is 14.0. The van der Waals surface area contributed by atoms with Crippen molar-refractivity contribution in [1.29, 1.82) is 0 Å². The molecular formula is C16H21FN2O2. The van der Waals surface area contributed by atoms with Gasteiger partial charge < -0.3 is 14.9 Å². The zero-order valence-corrected chi connectivity index (χ0v) is 12.7. The van der Waals surface area contributed by atoms with Crippen LogP contribution in [0.5, 0.6) is 0 Å². The van der Waals surface area contributed by atoms with Gasteiger partial charge in [-0.1, -0.05) is 11.8 Å². The van der Waals surface area contributed by atoms with E-state index in [2.05, 4.69) is 11.8 Å². The summed E-state index contributed by atoms with van der Waals surface area (Å²) in [5, 5.41) is 8.60. The van der Waals surface area contributed by atoms with Crippen LogP contribution in [0.4, 0.5) is 4.39 Å². The second-order valence-corrected chi connectivity index (χ2v) is 5.04. The molecule has 0 radical (unpaired) electrons. The van der Waals surface area contributed by atoms with Gasteiger partial charge in [-0.25, -0.2) is 4.39 Å². The molecule has 1 aromatic carbocycles. The third-order valence-electron chi connectivity index (χ3n) is 2.96. The van der Waals surface area contributed by atoms with E-state index in [0.717, 1.165) is 13.0 Å². The molecule has 0 aliphatic rings. The number of halogens is 1. The number of rotatable bonds is 5. The first-order valence-electron chi connectivity index (χ1n) is 6.75. The molecule has 0 atom stereocenters. The molecule has 1 N–H and O–H groups in total. The van der Waals surface area contributed by atoms with E-state index in [9.17, 15) is 9.18 Å². The molecule has 0 bridgehead atoms. The van der Waals surface area contributed by atoms with Crippen molar-refractivity contribution in [3.63, 3.8) is 0 Å². The average Bonchev–Trinajstić information content (AvgIpc) is 2.44. The highest BCUT2D eigenvalue weighted by molar-refractivity contribution is 5.94. The van der Waals surface area contributed by atoms with E-state index in [0.29, 0.717) is 12.1 Å². The van der Waals surface area contributed by atoms with Crippen molar-refractivity contribution in [2.45, 2.75) is 6.42 Å². The number of carbonyl (C=O) groups excluding carboxylic acids is 1. The Kier molecular flexibility index (Phi) is 6.86. The van der Waals surface area contributed by atoms with Gasteiger partial charge >= 0.3 is 0 Å². The third kappa shape index (κ3) is 5.54. The number of benzene rings is 1. The molecule has 21 heavy (non-hydrogen) atoms. The van der Waals surface area contributed by atoms with Gasteiger partial charge in [0.25, 0.3) is 5.91 Å². The smallest absolute Gasteiger partial charge is 0.256 e. The molecule has 114 valence electrons. The standard InChI is InChI=1S/C16H21FN2O2/c1-18(2)9-5-10-19(3)16(21)14-8-7-13(6-4-11-20)12-15(14)17/h7-8,12,20H,5,9-11H2,1-3H3. The quantitative estimate of drug-likeness (QED) is 0.829. The monoisotopic (exact) mass is 292 g/mol. The van der Waals surface area contributed by atoms with Crippen molar-refractivity contribution in [1.82, 2.24) is 9.80 Å². The molecular weight excluding hydrogens is 271 g/mol. The second kappa shape index (κ2) is 8.40. The summed E-state index contributed by atoms with van der Waals surface area (Å²) in [6.07, 6.45) is 0.830. The molecule has 1 aromatic rings. The van der Waals surface area contributed by atoms with E-state index in [1.807, 2.05) is 19.0 Å². The van der Waals surface area contributed by atoms with Gasteiger partial charge in [0.1, 0.15) is 12.4 Å². The van der Waals surface area contributed by atoms with E-state index in [4.69, 9.17) is 5.11 Å². The van der Waals surface area contributed by atoms with E-state index < -0.39 is 5.82 Å². The summed E-state index contributed by atoms with van der Waals surface area (Å²) in [5.41, 5.74) is 0.477. The average molecular weight is 292 g/mol. The number of aliphatic hydroxyl groups excluding tert-OH is 1. The summed E-state index contributed by atoms with van der Waals surface area (Å²) in [7, 11) is 5.60. The lowest BCUT2D eigenvalue weighted by Crippen LogP contribution is -2.30. The molecule has 0 saturated carbocycles. The van der Waals surface area contributed by atoms with Crippen LogP contribution in [0.25, 0.3) is 0 Å². The Bertz CT molecular complexity index is 547. The van der Waals surface area contributed by atoms with Crippen molar-refractivity contribution in [2.24, 2.45) is 0 Å². The van der Waals surface area contributed by atoms with Gasteiger partial charge in [0.15, 0.2) is 0 Å². The molecule has 1 amide bonds. The molecule has 0 fully saturated rings. The van der Waals surface area contributed by atoms with Gasteiger partial charge in [0.2, 0.25) is 0 Å². The molecule has 0 unspecified atom stereocenters. The minimum atomic E-state index is -0.593. The zero-order valence-electron chi connectivity index (χ0n) is 12.7. The Labute approximate surface area is 125 Å². The number of aliphatic hydroxyl groups is 1. The Morgan fingerprint density at radius 2 is 2.00 bits per heavy atom. The van der Waals surface area contributed by atoms with Gasteiger partial charge in [0, 0.05) is 19.2 Å². The maximum absolute atomic E-state index is 14.0. The minimum absolute atomic E-state index is 0.0388. The fourth-order valence-electron chi connectivity index (χ4n) is 1.84. The van der Waals surface area contributed by atoms with Crippen LogP contribution in [0.3, 0.4) is 0 Å². The molecule has 0 heterocycles. The molecule has 0 spiro atoms. The summed E-state index contributed by atoms with van der Waals surface area (Å²) in [5.74, 6) is 4.11. The Balaban J connectivity index is 2.73. The van der Waals surface area contributed by atoms with Gasteiger partial charge in [0.05, 0.1) is 5.56 Å². The fourth-order valence-corrected chi connectivity index (χ4v) is 1.84. The number of hydrogen-bond acceptors (Lipinski definition) is 3. The Morgan fingerprint density at radius 1 is 1.29 bits per heavy atom. The van der Waals surface area contributed by atoms with E-state index >= 15 is 0 Å². The van der Waals surface area contributed by atoms with Gasteiger partial charge in [-0.15, -0.1) is 0 Å². The number of hydrogen-bond donors (Lipinski definition) is 1. The van der Waals surface area contributed by atoms with Crippen molar-refractivity contribution in [2.75, 3.05) is 40.8 Å². The first-order valence-corrected chi connectivity index (χ1v) is 6.75. The molecule has 0 aromatic heterocycles. The molecule has 4 nitrogen and oxygen atoms in total. The van der Waals surface area contributed by atoms with Gasteiger partial charge in [-0.2, -0.15) is 0 Å². The zero-order chi connectivity index (χ0) is 15.8. The molecule has 1 rings (SSSR count). The summed E-state index contributed by atoms with van der Waals surface area (Å²) >= 11 is 0. The van der Waals surface area contributed by atoms with Crippen LogP contribution in [-0.4, -0.2) is 61.7 Å². The predicted octanol–water partition coefficient (Wildman–Crippen LogP) is 1.19. The van der Waals surface area contributed by atoms with E-state index in [-0.39, 0.29) is 18.1 Å². The second-order valence-electron chi connectivity index (χ2n) is 5.04. The highest BCUT2D eigenvalue weighted by atomic mass is 19.1. The predicted molar refractivity (Wildman–Crippen MR) is 80.5 cm³/mol. The minimum Gasteiger partial charge on any atom is -0.384 e. The van der Waals surface area contributed by atoms with Crippen molar-refractivity contribution in [3.8, 4) is 11.8 Å². The third-order valence-corrected chi connectivity index (χ3v) is 2.96. The molecule has 5 heteroatoms. The van der Waals surface area contributed by atoms with Crippen LogP contribution in [0, 0.1) is 17.7 Å². The first-order chi connectivity index (χ1) is 9.95. The van der Waals surface area contributed by atoms with Gasteiger partial charge in [-0.05, 0) is 45.3 Å². The Hall–Kier alpha value is -1.90. The maximum Gasteiger partial charge on any atom is 0.256 e. The normalized spacial score (nSPS) is 10.2. The Morgan fingerprint density at radius 3 is 2.57 bits per heavy atom. The largest absolute Gasteiger partial charge is 0.384 e. The number of nitrogens with zero attached hydrogens (tertiary/aromatic N) is 2. The molecule has 0 aliphatic carbocycles. The lowest BCUT2D eigenvalue weighted by molar-refractivity contribution is 0.0786. The molecule has 0 aliphatic heterocycles. The van der Waals surface area contributed by atoms with Crippen LogP contribution in [0.15, 0.2) is 18.2 Å². The van der Waals surface area contributed by atoms with Crippen LogP contribution < -0.4 is 0 Å². The van der Waals surface area contributed by atoms with Crippen LogP contribution in [-0.2, 0) is 0 Å². The van der Waals surface area contributed by atoms with Crippen molar-refractivity contribution < 1.29 is 14.3 Å². The summed E-state index contributed by atoms with van der Waals surface area (Å²) in [6, 6.07) is 4.22. The van der Waals surface area contributed by atoms with Gasteiger partial charge in [-0.3, -0.25) is 4.79 Å². The van der Waals surface area contributed by atoms with E-state index in [1.165, 1.54) is 17.0 Å². The lowest BCUT2D eigenvalue weighted by Gasteiger charge is -2.19. The fraction of sp³-hybridized carbons (Fsp3) is 0.438. The van der Waals surface area contributed by atoms with Crippen LogP contribution >= 0.6 is 0 Å². The topological polar surface area (TPSA) is 43.8 Å². The van der Waals surface area contributed by atoms with E-state index in [1.54, 1.807) is 13.1 Å². The SMILES string of the molecule is CN(C)CCCN(C)C(=O)c1ccc(C#CCO)cc1F. The van der Waals surface area contributed by atoms with Crippen molar-refractivity contribution >= 4 is 5.91 Å². The van der Waals surface area contributed by atoms with Crippen molar-refractivity contribution in [3.05, 3.63) is 35.1 Å². The highest BCUT2D eigenvalue weighted by Gasteiger charge is 2.16. The first kappa shape index (κ1) is 17.2. The summed E-state index contributed by atoms with van der Waals surface area (Å²) in [6.45, 7) is 1.16. The van der Waals surface area contributed by atoms with Crippen LogP contribution in [0.1, 0.15) is 22.3 Å². The summed E-state index contributed by atoms with van der Waals surface area (Å²) < 4.78 is 14.0. The lowest BCUT2D eigenvalue weighted by atomic mass is 10.1. The molecule has 0 saturated heterocycles. The summed E-state index contributed by atoms with van der Waals surface area (Å²) in [4.78, 5) is 15.7. The number of amides is 1.